The fourth-order valence-electron chi connectivity index (χ4n) is 1.01. The van der Waals surface area contributed by atoms with E-state index in [-0.39, 0.29) is 6.04 Å². The Bertz CT molecular complexity index is 319. The monoisotopic (exact) mass is 261 g/mol. The van der Waals surface area contributed by atoms with Crippen LogP contribution in [0.1, 0.15) is 13.3 Å². The van der Waals surface area contributed by atoms with Crippen molar-refractivity contribution in [3.8, 4) is 0 Å². The highest BCUT2D eigenvalue weighted by Crippen LogP contribution is 1.93. The molecule has 0 heterocycles. The minimum absolute atomic E-state index is 0.0819. The molecule has 104 valence electrons. The van der Waals surface area contributed by atoms with Crippen LogP contribution in [0.5, 0.6) is 0 Å². The number of carboxylic acid groups (broad SMARTS) is 2. The van der Waals surface area contributed by atoms with E-state index in [0.29, 0.717) is 6.54 Å². The number of hydrogen-bond donors (Lipinski definition) is 4. The summed E-state index contributed by atoms with van der Waals surface area (Å²) >= 11 is 0. The Labute approximate surface area is 105 Å². The first-order chi connectivity index (χ1) is 8.23. The number of carbonyl (C=O) groups excluding carboxylic acids is 1. The lowest BCUT2D eigenvalue weighted by Crippen LogP contribution is -2.49. The molecule has 0 aliphatic rings. The standard InChI is InChI=1S/C10H19N3O5/c1-6(13(2)3)5-11-10(18)12-7(9(16)17)4-8(14)15/h6-7H,4-5H2,1-3H3,(H,14,15)(H,16,17)(H2,11,12,18). The lowest BCUT2D eigenvalue weighted by molar-refractivity contribution is -0.145. The predicted molar refractivity (Wildman–Crippen MR) is 63.4 cm³/mol. The summed E-state index contributed by atoms with van der Waals surface area (Å²) in [5, 5.41) is 21.8. The van der Waals surface area contributed by atoms with Crippen molar-refractivity contribution in [3.63, 3.8) is 0 Å². The summed E-state index contributed by atoms with van der Waals surface area (Å²) < 4.78 is 0. The van der Waals surface area contributed by atoms with E-state index >= 15 is 0 Å². The molecular weight excluding hydrogens is 242 g/mol. The van der Waals surface area contributed by atoms with E-state index < -0.39 is 30.4 Å². The number of carboxylic acids is 2. The molecule has 0 aliphatic heterocycles. The van der Waals surface area contributed by atoms with Gasteiger partial charge in [0.25, 0.3) is 0 Å². The van der Waals surface area contributed by atoms with Crippen LogP contribution in [0.15, 0.2) is 0 Å². The normalized spacial score (nSPS) is 13.8. The molecule has 0 radical (unpaired) electrons. The Morgan fingerprint density at radius 3 is 2.17 bits per heavy atom. The van der Waals surface area contributed by atoms with Gasteiger partial charge in [-0.3, -0.25) is 4.79 Å². The van der Waals surface area contributed by atoms with E-state index in [1.54, 1.807) is 0 Å². The van der Waals surface area contributed by atoms with Gasteiger partial charge in [-0.05, 0) is 21.0 Å². The maximum Gasteiger partial charge on any atom is 0.326 e. The molecule has 0 bridgehead atoms. The summed E-state index contributed by atoms with van der Waals surface area (Å²) in [6.45, 7) is 2.21. The quantitative estimate of drug-likeness (QED) is 0.474. The summed E-state index contributed by atoms with van der Waals surface area (Å²) in [5.41, 5.74) is 0. The third-order valence-electron chi connectivity index (χ3n) is 2.42. The largest absolute Gasteiger partial charge is 0.481 e. The van der Waals surface area contributed by atoms with Crippen molar-refractivity contribution in [1.29, 1.82) is 0 Å². The van der Waals surface area contributed by atoms with Gasteiger partial charge < -0.3 is 25.7 Å². The van der Waals surface area contributed by atoms with Gasteiger partial charge in [0.2, 0.25) is 0 Å². The van der Waals surface area contributed by atoms with Crippen molar-refractivity contribution in [2.45, 2.75) is 25.4 Å². The van der Waals surface area contributed by atoms with E-state index in [9.17, 15) is 14.4 Å². The fraction of sp³-hybridized carbons (Fsp3) is 0.700. The molecule has 0 saturated heterocycles. The zero-order valence-electron chi connectivity index (χ0n) is 10.6. The van der Waals surface area contributed by atoms with Crippen molar-refractivity contribution in [2.24, 2.45) is 0 Å². The first kappa shape index (κ1) is 16.2. The van der Waals surface area contributed by atoms with E-state index in [1.165, 1.54) is 0 Å². The first-order valence-electron chi connectivity index (χ1n) is 5.39. The zero-order chi connectivity index (χ0) is 14.3. The summed E-state index contributed by atoms with van der Waals surface area (Å²) in [4.78, 5) is 34.4. The maximum absolute atomic E-state index is 11.4. The van der Waals surface area contributed by atoms with Crippen LogP contribution in [-0.4, -0.2) is 65.8 Å². The number of urea groups is 1. The van der Waals surface area contributed by atoms with Gasteiger partial charge >= 0.3 is 18.0 Å². The first-order valence-corrected chi connectivity index (χ1v) is 5.39. The molecule has 0 fully saturated rings. The molecule has 0 aromatic heterocycles. The molecule has 0 saturated carbocycles. The average molecular weight is 261 g/mol. The van der Waals surface area contributed by atoms with Crippen LogP contribution in [0.4, 0.5) is 4.79 Å². The highest BCUT2D eigenvalue weighted by atomic mass is 16.4. The molecule has 18 heavy (non-hydrogen) atoms. The summed E-state index contributed by atoms with van der Waals surface area (Å²) in [5.74, 6) is -2.67. The number of likely N-dealkylation sites (N-methyl/N-ethyl adjacent to an activating group) is 1. The van der Waals surface area contributed by atoms with Gasteiger partial charge in [-0.15, -0.1) is 0 Å². The highest BCUT2D eigenvalue weighted by molar-refractivity contribution is 5.86. The number of nitrogens with one attached hydrogen (secondary N) is 2. The van der Waals surface area contributed by atoms with Crippen LogP contribution < -0.4 is 10.6 Å². The van der Waals surface area contributed by atoms with Crippen LogP contribution in [0.2, 0.25) is 0 Å². The van der Waals surface area contributed by atoms with Gasteiger partial charge in [0, 0.05) is 12.6 Å². The predicted octanol–water partition coefficient (Wildman–Crippen LogP) is -0.836. The van der Waals surface area contributed by atoms with E-state index in [1.807, 2.05) is 25.9 Å². The van der Waals surface area contributed by atoms with Crippen molar-refractivity contribution in [2.75, 3.05) is 20.6 Å². The maximum atomic E-state index is 11.4. The lowest BCUT2D eigenvalue weighted by atomic mass is 10.2. The molecule has 2 unspecified atom stereocenters. The van der Waals surface area contributed by atoms with Gasteiger partial charge in [-0.1, -0.05) is 0 Å². The number of nitrogens with zero attached hydrogens (tertiary/aromatic N) is 1. The van der Waals surface area contributed by atoms with Gasteiger partial charge in [0.05, 0.1) is 6.42 Å². The highest BCUT2D eigenvalue weighted by Gasteiger charge is 2.23. The van der Waals surface area contributed by atoms with Crippen LogP contribution in [0.25, 0.3) is 0 Å². The number of rotatable bonds is 7. The third kappa shape index (κ3) is 6.69. The van der Waals surface area contributed by atoms with Crippen molar-refractivity contribution in [1.82, 2.24) is 15.5 Å². The number of aliphatic carboxylic acids is 2. The van der Waals surface area contributed by atoms with Crippen LogP contribution in [-0.2, 0) is 9.59 Å². The fourth-order valence-corrected chi connectivity index (χ4v) is 1.01. The molecule has 0 aromatic rings. The molecule has 8 heteroatoms. The molecule has 4 N–H and O–H groups in total. The van der Waals surface area contributed by atoms with Crippen LogP contribution in [0, 0.1) is 0 Å². The molecule has 8 nitrogen and oxygen atoms in total. The van der Waals surface area contributed by atoms with E-state index in [4.69, 9.17) is 10.2 Å². The second-order valence-corrected chi connectivity index (χ2v) is 4.16. The summed E-state index contributed by atoms with van der Waals surface area (Å²) in [7, 11) is 3.68. The van der Waals surface area contributed by atoms with Gasteiger partial charge in [0.15, 0.2) is 0 Å². The zero-order valence-corrected chi connectivity index (χ0v) is 10.6. The SMILES string of the molecule is CC(CNC(=O)NC(CC(=O)O)C(=O)O)N(C)C. The molecule has 0 spiro atoms. The second-order valence-electron chi connectivity index (χ2n) is 4.16. The summed E-state index contributed by atoms with van der Waals surface area (Å²) in [6, 6.07) is -2.05. The Morgan fingerprint density at radius 2 is 1.78 bits per heavy atom. The molecule has 0 rings (SSSR count). The number of amides is 2. The topological polar surface area (TPSA) is 119 Å². The molecular formula is C10H19N3O5. The van der Waals surface area contributed by atoms with Gasteiger partial charge in [0.1, 0.15) is 6.04 Å². The van der Waals surface area contributed by atoms with Gasteiger partial charge in [-0.2, -0.15) is 0 Å². The summed E-state index contributed by atoms with van der Waals surface area (Å²) in [6.07, 6.45) is -0.661. The van der Waals surface area contributed by atoms with E-state index in [2.05, 4.69) is 10.6 Å². The molecule has 0 aromatic carbocycles. The smallest absolute Gasteiger partial charge is 0.326 e. The second kappa shape index (κ2) is 7.49. The van der Waals surface area contributed by atoms with Gasteiger partial charge in [-0.25, -0.2) is 9.59 Å². The van der Waals surface area contributed by atoms with Crippen LogP contribution >= 0.6 is 0 Å². The minimum Gasteiger partial charge on any atom is -0.481 e. The van der Waals surface area contributed by atoms with Crippen molar-refractivity contribution in [3.05, 3.63) is 0 Å². The minimum atomic E-state index is -1.43. The molecule has 2 amide bonds. The lowest BCUT2D eigenvalue weighted by Gasteiger charge is -2.20. The molecule has 2 atom stereocenters. The average Bonchev–Trinajstić information content (AvgIpc) is 2.23. The Balaban J connectivity index is 4.18. The van der Waals surface area contributed by atoms with Crippen molar-refractivity contribution >= 4 is 18.0 Å². The van der Waals surface area contributed by atoms with Crippen LogP contribution in [0.3, 0.4) is 0 Å². The number of carbonyl (C=O) groups is 3. The third-order valence-corrected chi connectivity index (χ3v) is 2.42. The van der Waals surface area contributed by atoms with E-state index in [0.717, 1.165) is 0 Å². The Hall–Kier alpha value is -1.83. The molecule has 0 aliphatic carbocycles. The number of hydrogen-bond acceptors (Lipinski definition) is 4. The Morgan fingerprint density at radius 1 is 1.22 bits per heavy atom. The Kier molecular flexibility index (Phi) is 6.73. The van der Waals surface area contributed by atoms with Crippen molar-refractivity contribution < 1.29 is 24.6 Å².